The second kappa shape index (κ2) is 3.54. The summed E-state index contributed by atoms with van der Waals surface area (Å²) in [6.07, 6.45) is 5.51. The lowest BCUT2D eigenvalue weighted by Crippen LogP contribution is -2.31. The van der Waals surface area contributed by atoms with Crippen molar-refractivity contribution in [2.75, 3.05) is 5.73 Å². The number of hydrogen-bond donors (Lipinski definition) is 1. The van der Waals surface area contributed by atoms with Gasteiger partial charge in [-0.05, 0) is 36.7 Å². The maximum Gasteiger partial charge on any atom is 0.121 e. The van der Waals surface area contributed by atoms with Crippen molar-refractivity contribution in [3.05, 3.63) is 12.3 Å². The van der Waals surface area contributed by atoms with Gasteiger partial charge in [-0.2, -0.15) is 5.10 Å². The van der Waals surface area contributed by atoms with Crippen LogP contribution in [0.4, 0.5) is 5.82 Å². The summed E-state index contributed by atoms with van der Waals surface area (Å²) in [6.45, 7) is 7.02. The maximum absolute atomic E-state index is 5.90. The molecule has 0 aromatic carbocycles. The molecule has 0 amide bonds. The summed E-state index contributed by atoms with van der Waals surface area (Å²) in [7, 11) is 0. The maximum atomic E-state index is 5.90. The molecule has 84 valence electrons. The van der Waals surface area contributed by atoms with E-state index in [1.807, 2.05) is 10.7 Å². The van der Waals surface area contributed by atoms with Crippen molar-refractivity contribution < 1.29 is 0 Å². The molecule has 2 atom stereocenters. The third kappa shape index (κ3) is 2.01. The van der Waals surface area contributed by atoms with E-state index >= 15 is 0 Å². The first-order valence-corrected chi connectivity index (χ1v) is 5.78. The Morgan fingerprint density at radius 3 is 2.80 bits per heavy atom. The fraction of sp³-hybridized carbons (Fsp3) is 0.750. The van der Waals surface area contributed by atoms with Gasteiger partial charge in [0.05, 0.1) is 12.2 Å². The molecule has 2 rings (SSSR count). The summed E-state index contributed by atoms with van der Waals surface area (Å²) >= 11 is 0. The fourth-order valence-corrected chi connectivity index (χ4v) is 2.90. The van der Waals surface area contributed by atoms with E-state index in [-0.39, 0.29) is 0 Å². The Morgan fingerprint density at radius 2 is 2.27 bits per heavy atom. The van der Waals surface area contributed by atoms with Crippen LogP contribution in [0.25, 0.3) is 0 Å². The normalized spacial score (nSPS) is 30.3. The number of hydrogen-bond acceptors (Lipinski definition) is 2. The van der Waals surface area contributed by atoms with Crippen molar-refractivity contribution in [3.63, 3.8) is 0 Å². The van der Waals surface area contributed by atoms with Crippen molar-refractivity contribution >= 4 is 5.82 Å². The predicted octanol–water partition coefficient (Wildman–Crippen LogP) is 2.85. The van der Waals surface area contributed by atoms with Gasteiger partial charge in [0.15, 0.2) is 0 Å². The highest BCUT2D eigenvalue weighted by Gasteiger charge is 2.33. The molecule has 1 aromatic rings. The van der Waals surface area contributed by atoms with E-state index < -0.39 is 0 Å². The largest absolute Gasteiger partial charge is 0.384 e. The van der Waals surface area contributed by atoms with Gasteiger partial charge in [0, 0.05) is 0 Å². The number of rotatable bonds is 1. The van der Waals surface area contributed by atoms with Crippen LogP contribution in [0.3, 0.4) is 0 Å². The molecule has 0 saturated heterocycles. The lowest BCUT2D eigenvalue weighted by Gasteiger charge is -2.39. The van der Waals surface area contributed by atoms with E-state index in [4.69, 9.17) is 5.73 Å². The van der Waals surface area contributed by atoms with Gasteiger partial charge < -0.3 is 5.73 Å². The molecule has 3 heteroatoms. The molecule has 1 fully saturated rings. The number of nitrogen functional groups attached to an aromatic ring is 1. The van der Waals surface area contributed by atoms with E-state index in [1.54, 1.807) is 6.20 Å². The summed E-state index contributed by atoms with van der Waals surface area (Å²) < 4.78 is 2.00. The molecule has 1 aromatic heterocycles. The molecular weight excluding hydrogens is 186 g/mol. The van der Waals surface area contributed by atoms with E-state index in [0.717, 1.165) is 5.82 Å². The summed E-state index contributed by atoms with van der Waals surface area (Å²) in [5, 5.41) is 4.33. The molecule has 0 spiro atoms. The number of aromatic nitrogens is 2. The standard InChI is InChI=1S/C12H21N3/c1-9-8-12(2,3)6-4-10(9)15-11(13)5-7-14-15/h5,7,9-10H,4,6,8,13H2,1-3H3. The predicted molar refractivity (Wildman–Crippen MR) is 62.5 cm³/mol. The third-order valence-electron chi connectivity index (χ3n) is 3.66. The SMILES string of the molecule is CC1CC(C)(C)CCC1n1nccc1N. The zero-order valence-corrected chi connectivity index (χ0v) is 9.90. The Kier molecular flexibility index (Phi) is 2.49. The minimum atomic E-state index is 0.484. The van der Waals surface area contributed by atoms with E-state index in [9.17, 15) is 0 Å². The first-order chi connectivity index (χ1) is 6.99. The quantitative estimate of drug-likeness (QED) is 0.769. The zero-order valence-electron chi connectivity index (χ0n) is 9.90. The first-order valence-electron chi connectivity index (χ1n) is 5.78. The molecule has 2 N–H and O–H groups in total. The number of nitrogens with zero attached hydrogens (tertiary/aromatic N) is 2. The van der Waals surface area contributed by atoms with Crippen LogP contribution < -0.4 is 5.73 Å². The Morgan fingerprint density at radius 1 is 1.53 bits per heavy atom. The second-order valence-electron chi connectivity index (χ2n) is 5.65. The van der Waals surface area contributed by atoms with Gasteiger partial charge in [0.2, 0.25) is 0 Å². The van der Waals surface area contributed by atoms with Crippen LogP contribution in [0.5, 0.6) is 0 Å². The molecule has 1 aliphatic carbocycles. The molecule has 1 aliphatic rings. The number of anilines is 1. The molecule has 0 bridgehead atoms. The molecule has 2 unspecified atom stereocenters. The molecule has 15 heavy (non-hydrogen) atoms. The summed E-state index contributed by atoms with van der Waals surface area (Å²) in [5.74, 6) is 1.46. The fourth-order valence-electron chi connectivity index (χ4n) is 2.90. The van der Waals surface area contributed by atoms with Crippen LogP contribution in [-0.2, 0) is 0 Å². The summed E-state index contributed by atoms with van der Waals surface area (Å²) in [5.41, 5.74) is 6.39. The monoisotopic (exact) mass is 207 g/mol. The van der Waals surface area contributed by atoms with E-state index in [1.165, 1.54) is 19.3 Å². The Balaban J connectivity index is 2.16. The Hall–Kier alpha value is -0.990. The van der Waals surface area contributed by atoms with Crippen LogP contribution in [-0.4, -0.2) is 9.78 Å². The van der Waals surface area contributed by atoms with Crippen LogP contribution in [0, 0.1) is 11.3 Å². The molecule has 1 saturated carbocycles. The summed E-state index contributed by atoms with van der Waals surface area (Å²) in [6, 6.07) is 2.37. The van der Waals surface area contributed by atoms with Crippen LogP contribution in [0.15, 0.2) is 12.3 Å². The zero-order chi connectivity index (χ0) is 11.1. The number of nitrogens with two attached hydrogens (primary N) is 1. The molecule has 1 heterocycles. The van der Waals surface area contributed by atoms with Gasteiger partial charge in [-0.15, -0.1) is 0 Å². The average Bonchev–Trinajstić information content (AvgIpc) is 2.50. The molecule has 3 nitrogen and oxygen atoms in total. The van der Waals surface area contributed by atoms with Crippen molar-refractivity contribution in [1.29, 1.82) is 0 Å². The van der Waals surface area contributed by atoms with E-state index in [2.05, 4.69) is 25.9 Å². The molecular formula is C12H21N3. The lowest BCUT2D eigenvalue weighted by atomic mass is 9.70. The highest BCUT2D eigenvalue weighted by Crippen LogP contribution is 2.44. The minimum absolute atomic E-state index is 0.484. The van der Waals surface area contributed by atoms with Crippen molar-refractivity contribution in [3.8, 4) is 0 Å². The smallest absolute Gasteiger partial charge is 0.121 e. The topological polar surface area (TPSA) is 43.8 Å². The summed E-state index contributed by atoms with van der Waals surface area (Å²) in [4.78, 5) is 0. The highest BCUT2D eigenvalue weighted by atomic mass is 15.3. The van der Waals surface area contributed by atoms with Crippen LogP contribution >= 0.6 is 0 Å². The average molecular weight is 207 g/mol. The molecule has 0 radical (unpaired) electrons. The van der Waals surface area contributed by atoms with Gasteiger partial charge in [0.1, 0.15) is 5.82 Å². The molecule has 0 aliphatic heterocycles. The van der Waals surface area contributed by atoms with Gasteiger partial charge in [-0.1, -0.05) is 20.8 Å². The van der Waals surface area contributed by atoms with E-state index in [0.29, 0.717) is 17.4 Å². The highest BCUT2D eigenvalue weighted by molar-refractivity contribution is 5.26. The van der Waals surface area contributed by atoms with Crippen molar-refractivity contribution in [2.24, 2.45) is 11.3 Å². The van der Waals surface area contributed by atoms with Crippen LogP contribution in [0.2, 0.25) is 0 Å². The van der Waals surface area contributed by atoms with Gasteiger partial charge in [-0.25, -0.2) is 4.68 Å². The Bertz CT molecular complexity index is 340. The minimum Gasteiger partial charge on any atom is -0.384 e. The lowest BCUT2D eigenvalue weighted by molar-refractivity contribution is 0.127. The van der Waals surface area contributed by atoms with Gasteiger partial charge in [0.25, 0.3) is 0 Å². The first kappa shape index (κ1) is 10.5. The Labute approximate surface area is 91.7 Å². The second-order valence-corrected chi connectivity index (χ2v) is 5.65. The third-order valence-corrected chi connectivity index (χ3v) is 3.66. The van der Waals surface area contributed by atoms with Crippen molar-refractivity contribution in [2.45, 2.75) is 46.1 Å². The van der Waals surface area contributed by atoms with Crippen LogP contribution in [0.1, 0.15) is 46.1 Å². The van der Waals surface area contributed by atoms with Crippen molar-refractivity contribution in [1.82, 2.24) is 9.78 Å². The van der Waals surface area contributed by atoms with Gasteiger partial charge >= 0.3 is 0 Å². The van der Waals surface area contributed by atoms with Gasteiger partial charge in [-0.3, -0.25) is 0 Å².